The minimum atomic E-state index is -0.606. The number of benzene rings is 1. The van der Waals surface area contributed by atoms with Crippen LogP contribution in [0, 0.1) is 0 Å². The van der Waals surface area contributed by atoms with Crippen molar-refractivity contribution in [3.8, 4) is 0 Å². The van der Waals surface area contributed by atoms with Gasteiger partial charge in [-0.25, -0.2) is 4.79 Å². The third-order valence-corrected chi connectivity index (χ3v) is 2.94. The lowest BCUT2D eigenvalue weighted by atomic mass is 10.1. The van der Waals surface area contributed by atoms with Crippen molar-refractivity contribution < 1.29 is 9.59 Å². The van der Waals surface area contributed by atoms with Crippen LogP contribution in [0.4, 0.5) is 4.79 Å². The molecule has 0 spiro atoms. The van der Waals surface area contributed by atoms with Gasteiger partial charge in [-0.05, 0) is 5.56 Å². The van der Waals surface area contributed by atoms with Crippen LogP contribution in [0.25, 0.3) is 0 Å². The number of hydrogen-bond donors (Lipinski definition) is 2. The molecule has 1 atom stereocenters. The van der Waals surface area contributed by atoms with E-state index in [1.807, 2.05) is 18.2 Å². The number of nitrogens with one attached hydrogen (secondary N) is 1. The Morgan fingerprint density at radius 2 is 2.00 bits per heavy atom. The van der Waals surface area contributed by atoms with Gasteiger partial charge in [-0.3, -0.25) is 9.69 Å². The SMILES string of the molecule is NC(=S)CCN1C(=O)NC(c2ccccc2)C1=O. The number of thiocarbonyl (C=S) groups is 1. The van der Waals surface area contributed by atoms with E-state index in [2.05, 4.69) is 5.32 Å². The molecule has 0 aromatic heterocycles. The van der Waals surface area contributed by atoms with E-state index in [0.717, 1.165) is 10.5 Å². The van der Waals surface area contributed by atoms with Gasteiger partial charge < -0.3 is 11.1 Å². The van der Waals surface area contributed by atoms with E-state index in [-0.39, 0.29) is 12.5 Å². The lowest BCUT2D eigenvalue weighted by Gasteiger charge is -2.12. The number of hydrogen-bond acceptors (Lipinski definition) is 3. The zero-order chi connectivity index (χ0) is 13.1. The van der Waals surface area contributed by atoms with E-state index in [9.17, 15) is 9.59 Å². The van der Waals surface area contributed by atoms with E-state index in [0.29, 0.717) is 11.4 Å². The number of nitrogens with zero attached hydrogens (tertiary/aromatic N) is 1. The maximum absolute atomic E-state index is 12.1. The zero-order valence-electron chi connectivity index (χ0n) is 9.63. The lowest BCUT2D eigenvalue weighted by Crippen LogP contribution is -2.33. The van der Waals surface area contributed by atoms with Gasteiger partial charge in [-0.1, -0.05) is 42.5 Å². The predicted molar refractivity (Wildman–Crippen MR) is 70.8 cm³/mol. The maximum atomic E-state index is 12.1. The second-order valence-electron chi connectivity index (χ2n) is 4.00. The van der Waals surface area contributed by atoms with Crippen molar-refractivity contribution in [1.82, 2.24) is 10.2 Å². The van der Waals surface area contributed by atoms with Crippen molar-refractivity contribution in [2.45, 2.75) is 12.5 Å². The van der Waals surface area contributed by atoms with Gasteiger partial charge in [0.15, 0.2) is 0 Å². The van der Waals surface area contributed by atoms with E-state index in [1.54, 1.807) is 12.1 Å². The predicted octanol–water partition coefficient (Wildman–Crippen LogP) is 0.956. The number of imide groups is 1. The fourth-order valence-electron chi connectivity index (χ4n) is 1.82. The molecule has 1 aromatic rings. The molecule has 5 nitrogen and oxygen atoms in total. The number of nitrogens with two attached hydrogens (primary N) is 1. The van der Waals surface area contributed by atoms with Gasteiger partial charge in [0.1, 0.15) is 6.04 Å². The van der Waals surface area contributed by atoms with Gasteiger partial charge in [-0.15, -0.1) is 0 Å². The van der Waals surface area contributed by atoms with Crippen LogP contribution in [0.5, 0.6) is 0 Å². The third-order valence-electron chi connectivity index (χ3n) is 2.74. The Labute approximate surface area is 110 Å². The van der Waals surface area contributed by atoms with E-state index in [4.69, 9.17) is 18.0 Å². The summed E-state index contributed by atoms with van der Waals surface area (Å²) in [7, 11) is 0. The molecule has 1 fully saturated rings. The van der Waals surface area contributed by atoms with Crippen LogP contribution < -0.4 is 11.1 Å². The first-order valence-corrected chi connectivity index (χ1v) is 5.95. The molecule has 94 valence electrons. The van der Waals surface area contributed by atoms with Crippen LogP contribution in [-0.4, -0.2) is 28.4 Å². The first-order chi connectivity index (χ1) is 8.59. The van der Waals surface area contributed by atoms with Crippen molar-refractivity contribution in [3.05, 3.63) is 35.9 Å². The van der Waals surface area contributed by atoms with Crippen LogP contribution in [0.1, 0.15) is 18.0 Å². The molecule has 2 rings (SSSR count). The van der Waals surface area contributed by atoms with Crippen molar-refractivity contribution in [3.63, 3.8) is 0 Å². The van der Waals surface area contributed by atoms with Crippen molar-refractivity contribution in [2.75, 3.05) is 6.54 Å². The van der Waals surface area contributed by atoms with Crippen molar-refractivity contribution in [2.24, 2.45) is 5.73 Å². The quantitative estimate of drug-likeness (QED) is 0.626. The summed E-state index contributed by atoms with van der Waals surface area (Å²) in [6, 6.07) is 8.11. The molecule has 0 aliphatic carbocycles. The average molecular weight is 263 g/mol. The smallest absolute Gasteiger partial charge is 0.325 e. The zero-order valence-corrected chi connectivity index (χ0v) is 10.4. The highest BCUT2D eigenvalue weighted by molar-refractivity contribution is 7.80. The summed E-state index contributed by atoms with van der Waals surface area (Å²) in [5.41, 5.74) is 6.14. The normalized spacial score (nSPS) is 18.9. The molecule has 3 N–H and O–H groups in total. The summed E-state index contributed by atoms with van der Waals surface area (Å²) in [6.07, 6.45) is 0.343. The van der Waals surface area contributed by atoms with Gasteiger partial charge in [0.2, 0.25) is 0 Å². The summed E-state index contributed by atoms with van der Waals surface area (Å²) in [4.78, 5) is 25.2. The number of amides is 3. The Kier molecular flexibility index (Phi) is 3.57. The Bertz CT molecular complexity index is 489. The molecule has 0 radical (unpaired) electrons. The van der Waals surface area contributed by atoms with Crippen LogP contribution in [0.2, 0.25) is 0 Å². The number of carbonyl (C=O) groups excluding carboxylic acids is 2. The molecule has 1 saturated heterocycles. The maximum Gasteiger partial charge on any atom is 0.325 e. The minimum absolute atomic E-state index is 0.226. The summed E-state index contributed by atoms with van der Waals surface area (Å²) >= 11 is 4.74. The Morgan fingerprint density at radius 1 is 1.33 bits per heavy atom. The molecule has 1 aliphatic heterocycles. The Morgan fingerprint density at radius 3 is 2.61 bits per heavy atom. The lowest BCUT2D eigenvalue weighted by molar-refractivity contribution is -0.127. The fraction of sp³-hybridized carbons (Fsp3) is 0.250. The largest absolute Gasteiger partial charge is 0.393 e. The van der Waals surface area contributed by atoms with Crippen LogP contribution >= 0.6 is 12.2 Å². The third kappa shape index (κ3) is 2.48. The number of rotatable bonds is 4. The minimum Gasteiger partial charge on any atom is -0.393 e. The van der Waals surface area contributed by atoms with Gasteiger partial charge in [-0.2, -0.15) is 0 Å². The molecule has 1 unspecified atom stereocenters. The molecule has 1 aromatic carbocycles. The molecular formula is C12H13N3O2S. The molecule has 6 heteroatoms. The van der Waals surface area contributed by atoms with E-state index < -0.39 is 12.1 Å². The average Bonchev–Trinajstić information content (AvgIpc) is 2.63. The second-order valence-corrected chi connectivity index (χ2v) is 4.52. The van der Waals surface area contributed by atoms with Gasteiger partial charge >= 0.3 is 6.03 Å². The molecule has 18 heavy (non-hydrogen) atoms. The first-order valence-electron chi connectivity index (χ1n) is 5.54. The number of carbonyl (C=O) groups is 2. The highest BCUT2D eigenvalue weighted by Gasteiger charge is 2.38. The van der Waals surface area contributed by atoms with Gasteiger partial charge in [0.25, 0.3) is 5.91 Å². The summed E-state index contributed by atoms with van der Waals surface area (Å²) in [5.74, 6) is -0.262. The van der Waals surface area contributed by atoms with Crippen LogP contribution in [0.3, 0.4) is 0 Å². The summed E-state index contributed by atoms with van der Waals surface area (Å²) in [5, 5.41) is 2.65. The molecule has 1 heterocycles. The van der Waals surface area contributed by atoms with Crippen LogP contribution in [-0.2, 0) is 4.79 Å². The Hall–Kier alpha value is -1.95. The molecule has 1 aliphatic rings. The molecule has 3 amide bonds. The van der Waals surface area contributed by atoms with E-state index >= 15 is 0 Å². The molecule has 0 bridgehead atoms. The van der Waals surface area contributed by atoms with E-state index in [1.165, 1.54) is 0 Å². The second kappa shape index (κ2) is 5.14. The standard InChI is InChI=1S/C12H13N3O2S/c13-9(18)6-7-15-11(16)10(14-12(15)17)8-4-2-1-3-5-8/h1-5,10H,6-7H2,(H2,13,18)(H,14,17). The first kappa shape index (κ1) is 12.5. The topological polar surface area (TPSA) is 75.4 Å². The van der Waals surface area contributed by atoms with Crippen molar-refractivity contribution >= 4 is 29.1 Å². The van der Waals surface area contributed by atoms with Gasteiger partial charge in [0, 0.05) is 13.0 Å². The highest BCUT2D eigenvalue weighted by atomic mass is 32.1. The molecular weight excluding hydrogens is 250 g/mol. The fourth-order valence-corrected chi connectivity index (χ4v) is 1.92. The monoisotopic (exact) mass is 263 g/mol. The van der Waals surface area contributed by atoms with Crippen molar-refractivity contribution in [1.29, 1.82) is 0 Å². The molecule has 0 saturated carbocycles. The Balaban J connectivity index is 2.12. The summed E-state index contributed by atoms with van der Waals surface area (Å²) in [6.45, 7) is 0.226. The van der Waals surface area contributed by atoms with Gasteiger partial charge in [0.05, 0.1) is 4.99 Å². The van der Waals surface area contributed by atoms with Crippen LogP contribution in [0.15, 0.2) is 30.3 Å². The summed E-state index contributed by atoms with van der Waals surface area (Å²) < 4.78 is 0. The highest BCUT2D eigenvalue weighted by Crippen LogP contribution is 2.21. The number of urea groups is 1.